The van der Waals surface area contributed by atoms with Crippen LogP contribution in [0.4, 0.5) is 30.7 Å². The largest absolute Gasteiger partial charge is 0.419 e. The lowest BCUT2D eigenvalue weighted by molar-refractivity contribution is -0.140. The summed E-state index contributed by atoms with van der Waals surface area (Å²) in [5.41, 5.74) is -1.82. The Balaban J connectivity index is 0. The summed E-state index contributed by atoms with van der Waals surface area (Å²) >= 11 is 0. The van der Waals surface area contributed by atoms with Crippen molar-refractivity contribution in [2.45, 2.75) is 65.7 Å². The molecule has 210 valence electrons. The van der Waals surface area contributed by atoms with Gasteiger partial charge in [-0.2, -0.15) is 26.3 Å². The molecule has 0 atom stereocenters. The van der Waals surface area contributed by atoms with Gasteiger partial charge in [-0.25, -0.2) is 4.39 Å². The van der Waals surface area contributed by atoms with Gasteiger partial charge in [0.05, 0.1) is 11.1 Å². The topological polar surface area (TPSA) is 65.6 Å². The maximum atomic E-state index is 13.4. The first kappa shape index (κ1) is 34.2. The fourth-order valence-corrected chi connectivity index (χ4v) is 4.41. The number of rotatable bonds is 7. The van der Waals surface area contributed by atoms with Crippen LogP contribution < -0.4 is 0 Å². The van der Waals surface area contributed by atoms with Gasteiger partial charge in [-0.15, -0.1) is 0 Å². The van der Waals surface area contributed by atoms with Crippen LogP contribution in [-0.4, -0.2) is 18.0 Å². The molecule has 3 nitrogen and oxygen atoms in total. The second kappa shape index (κ2) is 13.2. The summed E-state index contributed by atoms with van der Waals surface area (Å²) in [5.74, 6) is -1.58. The minimum atomic E-state index is -4.87. The van der Waals surface area contributed by atoms with Gasteiger partial charge >= 0.3 is 12.4 Å². The summed E-state index contributed by atoms with van der Waals surface area (Å²) < 4.78 is 90.8. The number of alkyl halides is 6. The Morgan fingerprint density at radius 3 is 2.11 bits per heavy atom. The maximum absolute atomic E-state index is 13.4. The highest BCUT2D eigenvalue weighted by molar-refractivity contribution is 5.96. The van der Waals surface area contributed by atoms with E-state index in [0.717, 1.165) is 18.2 Å². The standard InChI is InChI=1S/C25H25F7O.CH2O.CH4.H2O.H2/c1-23(2,9-8-15-4-3-5-18(10-15)24(27,28)29)19-11-16(12-19)13-22(33)17-6-7-21(26)20(14-17)25(30,31)32;1-2;;;/h3-7,10,14,16,19H,8-9,11-13H2,1-2H3;1H2;1H4;1H2;1H. The molecule has 1 aliphatic carbocycles. The van der Waals surface area contributed by atoms with Crippen LogP contribution in [0.15, 0.2) is 42.5 Å². The first-order valence-corrected chi connectivity index (χ1v) is 11.0. The fourth-order valence-electron chi connectivity index (χ4n) is 4.41. The Labute approximate surface area is 213 Å². The molecule has 10 heteroatoms. The molecule has 1 fully saturated rings. The van der Waals surface area contributed by atoms with Gasteiger partial charge in [0.1, 0.15) is 12.6 Å². The maximum Gasteiger partial charge on any atom is 0.419 e. The Kier molecular flexibility index (Phi) is 12.2. The fraction of sp³-hybridized carbons (Fsp3) is 0.481. The lowest BCUT2D eigenvalue weighted by Gasteiger charge is -2.45. The predicted octanol–water partition coefficient (Wildman–Crippen LogP) is 7.99. The Morgan fingerprint density at radius 2 is 1.57 bits per heavy atom. The van der Waals surface area contributed by atoms with Gasteiger partial charge in [0, 0.05) is 13.4 Å². The minimum Gasteiger partial charge on any atom is -0.412 e. The Hall–Kier alpha value is -2.75. The van der Waals surface area contributed by atoms with Gasteiger partial charge in [0.2, 0.25) is 0 Å². The van der Waals surface area contributed by atoms with Gasteiger partial charge < -0.3 is 10.3 Å². The number of benzene rings is 2. The van der Waals surface area contributed by atoms with E-state index in [2.05, 4.69) is 0 Å². The third kappa shape index (κ3) is 8.94. The molecular formula is C27H35F7O3. The van der Waals surface area contributed by atoms with Crippen molar-refractivity contribution in [3.05, 3.63) is 70.5 Å². The molecule has 2 N–H and O–H groups in total. The zero-order valence-corrected chi connectivity index (χ0v) is 19.9. The Bertz CT molecular complexity index is 1030. The predicted molar refractivity (Wildman–Crippen MR) is 130 cm³/mol. The van der Waals surface area contributed by atoms with E-state index in [9.17, 15) is 35.5 Å². The molecule has 0 unspecified atom stereocenters. The van der Waals surface area contributed by atoms with E-state index >= 15 is 0 Å². The van der Waals surface area contributed by atoms with Gasteiger partial charge in [-0.3, -0.25) is 4.79 Å². The van der Waals surface area contributed by atoms with Crippen molar-refractivity contribution in [1.82, 2.24) is 0 Å². The molecule has 0 saturated heterocycles. The van der Waals surface area contributed by atoms with Crippen molar-refractivity contribution >= 4 is 12.6 Å². The van der Waals surface area contributed by atoms with Crippen molar-refractivity contribution in [2.24, 2.45) is 17.3 Å². The quantitative estimate of drug-likeness (QED) is 0.264. The van der Waals surface area contributed by atoms with Crippen LogP contribution in [0.5, 0.6) is 0 Å². The van der Waals surface area contributed by atoms with E-state index in [0.29, 0.717) is 43.4 Å². The molecule has 37 heavy (non-hydrogen) atoms. The highest BCUT2D eigenvalue weighted by Crippen LogP contribution is 2.49. The zero-order valence-electron chi connectivity index (χ0n) is 19.9. The van der Waals surface area contributed by atoms with E-state index in [-0.39, 0.29) is 43.6 Å². The number of halogens is 7. The van der Waals surface area contributed by atoms with Crippen molar-refractivity contribution in [1.29, 1.82) is 0 Å². The van der Waals surface area contributed by atoms with Crippen LogP contribution in [-0.2, 0) is 23.6 Å². The smallest absolute Gasteiger partial charge is 0.412 e. The average molecular weight is 541 g/mol. The molecule has 0 amide bonds. The van der Waals surface area contributed by atoms with E-state index in [1.807, 2.05) is 20.6 Å². The normalized spacial score (nSPS) is 17.3. The molecule has 1 aliphatic rings. The molecule has 2 aromatic rings. The van der Waals surface area contributed by atoms with Crippen LogP contribution in [0, 0.1) is 23.1 Å². The molecule has 0 bridgehead atoms. The molecule has 1 saturated carbocycles. The van der Waals surface area contributed by atoms with E-state index < -0.39 is 35.1 Å². The van der Waals surface area contributed by atoms with E-state index in [1.165, 1.54) is 6.07 Å². The first-order valence-electron chi connectivity index (χ1n) is 11.0. The van der Waals surface area contributed by atoms with Gasteiger partial charge in [-0.1, -0.05) is 39.5 Å². The van der Waals surface area contributed by atoms with Crippen LogP contribution in [0.3, 0.4) is 0 Å². The molecule has 0 heterocycles. The van der Waals surface area contributed by atoms with E-state index in [4.69, 9.17) is 4.79 Å². The van der Waals surface area contributed by atoms with Crippen LogP contribution in [0.2, 0.25) is 0 Å². The van der Waals surface area contributed by atoms with Crippen molar-refractivity contribution in [3.8, 4) is 0 Å². The number of hydrogen-bond acceptors (Lipinski definition) is 2. The lowest BCUT2D eigenvalue weighted by atomic mass is 9.59. The third-order valence-electron chi connectivity index (χ3n) is 6.72. The number of hydrogen-bond donors (Lipinski definition) is 0. The molecule has 3 rings (SSSR count). The highest BCUT2D eigenvalue weighted by atomic mass is 19.4. The van der Waals surface area contributed by atoms with E-state index in [1.54, 1.807) is 6.07 Å². The second-order valence-electron chi connectivity index (χ2n) is 9.54. The summed E-state index contributed by atoms with van der Waals surface area (Å²) in [6, 6.07) is 7.57. The highest BCUT2D eigenvalue weighted by Gasteiger charge is 2.41. The first-order chi connectivity index (χ1) is 16.2. The second-order valence-corrected chi connectivity index (χ2v) is 9.54. The summed E-state index contributed by atoms with van der Waals surface area (Å²) in [5, 5.41) is 0. The number of carbonyl (C=O) groups is 2. The number of aryl methyl sites for hydroxylation is 1. The van der Waals surface area contributed by atoms with Gasteiger partial charge in [0.15, 0.2) is 5.78 Å². The molecule has 0 spiro atoms. The molecule has 0 radical (unpaired) electrons. The summed E-state index contributed by atoms with van der Waals surface area (Å²) in [6.07, 6.45) is -6.57. The molecule has 0 aromatic heterocycles. The Morgan fingerprint density at radius 1 is 0.973 bits per heavy atom. The SMILES string of the molecule is C.C=O.CC(C)(CCc1cccc(C(F)(F)F)c1)C1CC(CC(=O)c2ccc(F)c(C(F)(F)F)c2)C1.O.[HH]. The van der Waals surface area contributed by atoms with Gasteiger partial charge in [-0.05, 0) is 72.8 Å². The van der Waals surface area contributed by atoms with Crippen LogP contribution in [0.1, 0.15) is 75.4 Å². The van der Waals surface area contributed by atoms with Crippen molar-refractivity contribution in [2.75, 3.05) is 0 Å². The summed E-state index contributed by atoms with van der Waals surface area (Å²) in [7, 11) is 0. The van der Waals surface area contributed by atoms with Crippen LogP contribution >= 0.6 is 0 Å². The lowest BCUT2D eigenvalue weighted by Crippen LogP contribution is -2.37. The number of Topliss-reactive ketones (excluding diaryl/α,β-unsaturated/α-hetero) is 1. The van der Waals surface area contributed by atoms with Gasteiger partial charge in [0.25, 0.3) is 0 Å². The summed E-state index contributed by atoms with van der Waals surface area (Å²) in [4.78, 5) is 20.4. The molecule has 2 aromatic carbocycles. The number of carbonyl (C=O) groups excluding carboxylic acids is 2. The molecular weight excluding hydrogens is 505 g/mol. The van der Waals surface area contributed by atoms with Crippen molar-refractivity contribution < 1.29 is 47.2 Å². The monoisotopic (exact) mass is 540 g/mol. The zero-order chi connectivity index (χ0) is 26.6. The molecule has 0 aliphatic heterocycles. The average Bonchev–Trinajstić information content (AvgIpc) is 2.75. The van der Waals surface area contributed by atoms with Crippen LogP contribution in [0.25, 0.3) is 0 Å². The third-order valence-corrected chi connectivity index (χ3v) is 6.72. The van der Waals surface area contributed by atoms with Crippen molar-refractivity contribution in [3.63, 3.8) is 0 Å². The summed E-state index contributed by atoms with van der Waals surface area (Å²) in [6.45, 7) is 6.08. The number of ketones is 1. The minimum absolute atomic E-state index is 0.